The number of hydrogen-bond acceptors (Lipinski definition) is 4. The molecule has 1 aliphatic rings. The molecule has 1 aromatic carbocycles. The maximum atomic E-state index is 12.7. The molecule has 0 spiro atoms. The van der Waals surface area contributed by atoms with E-state index in [9.17, 15) is 4.79 Å². The average Bonchev–Trinajstić information content (AvgIpc) is 2.98. The van der Waals surface area contributed by atoms with Gasteiger partial charge in [0.25, 0.3) is 0 Å². The first kappa shape index (κ1) is 16.1. The summed E-state index contributed by atoms with van der Waals surface area (Å²) in [7, 11) is 4.06. The summed E-state index contributed by atoms with van der Waals surface area (Å²) < 4.78 is 1.94. The minimum atomic E-state index is 0.129. The summed E-state index contributed by atoms with van der Waals surface area (Å²) in [5.41, 5.74) is 1.20. The smallest absolute Gasteiger partial charge is 0.233 e. The average molecular weight is 330 g/mol. The molecular weight excluding hydrogens is 308 g/mol. The van der Waals surface area contributed by atoms with Crippen LogP contribution in [0.3, 0.4) is 0 Å². The lowest BCUT2D eigenvalue weighted by atomic mass is 10.0. The SMILES string of the molecule is CN1CCN(C(=O)CSc2nccn2C)[C@@H](c2ccccc2)C1. The Labute approximate surface area is 141 Å². The van der Waals surface area contributed by atoms with Crippen LogP contribution >= 0.6 is 11.8 Å². The highest BCUT2D eigenvalue weighted by Gasteiger charge is 2.30. The lowest BCUT2D eigenvalue weighted by Gasteiger charge is -2.40. The molecule has 0 aliphatic carbocycles. The Morgan fingerprint density at radius 2 is 2.04 bits per heavy atom. The number of rotatable bonds is 4. The van der Waals surface area contributed by atoms with Gasteiger partial charge in [0, 0.05) is 39.1 Å². The number of likely N-dealkylation sites (N-methyl/N-ethyl adjacent to an activating group) is 1. The molecule has 1 aromatic heterocycles. The molecule has 0 unspecified atom stereocenters. The lowest BCUT2D eigenvalue weighted by Crippen LogP contribution is -2.49. The van der Waals surface area contributed by atoms with Crippen LogP contribution in [0.5, 0.6) is 0 Å². The fourth-order valence-corrected chi connectivity index (χ4v) is 3.70. The summed E-state index contributed by atoms with van der Waals surface area (Å²) in [5.74, 6) is 0.609. The van der Waals surface area contributed by atoms with E-state index < -0.39 is 0 Å². The van der Waals surface area contributed by atoms with Crippen molar-refractivity contribution in [1.29, 1.82) is 0 Å². The molecule has 5 nitrogen and oxygen atoms in total. The Balaban J connectivity index is 1.70. The molecule has 1 aliphatic heterocycles. The van der Waals surface area contributed by atoms with Gasteiger partial charge in [-0.3, -0.25) is 4.79 Å². The van der Waals surface area contributed by atoms with Crippen LogP contribution in [-0.4, -0.2) is 57.7 Å². The Hall–Kier alpha value is -1.79. The van der Waals surface area contributed by atoms with E-state index in [0.29, 0.717) is 5.75 Å². The van der Waals surface area contributed by atoms with Crippen LogP contribution in [-0.2, 0) is 11.8 Å². The van der Waals surface area contributed by atoms with Gasteiger partial charge < -0.3 is 14.4 Å². The van der Waals surface area contributed by atoms with Crippen LogP contribution in [0.15, 0.2) is 47.9 Å². The van der Waals surface area contributed by atoms with Crippen LogP contribution in [0.1, 0.15) is 11.6 Å². The first-order chi connectivity index (χ1) is 11.1. The van der Waals surface area contributed by atoms with Gasteiger partial charge in [0.05, 0.1) is 11.8 Å². The van der Waals surface area contributed by atoms with Gasteiger partial charge in [-0.1, -0.05) is 42.1 Å². The zero-order chi connectivity index (χ0) is 16.2. The Morgan fingerprint density at radius 3 is 2.74 bits per heavy atom. The van der Waals surface area contributed by atoms with E-state index in [0.717, 1.165) is 24.8 Å². The maximum Gasteiger partial charge on any atom is 0.233 e. The van der Waals surface area contributed by atoms with E-state index in [4.69, 9.17) is 0 Å². The van der Waals surface area contributed by atoms with Crippen molar-refractivity contribution in [3.8, 4) is 0 Å². The molecule has 0 N–H and O–H groups in total. The molecule has 1 atom stereocenters. The summed E-state index contributed by atoms with van der Waals surface area (Å²) >= 11 is 1.50. The number of amides is 1. The van der Waals surface area contributed by atoms with Gasteiger partial charge in [-0.05, 0) is 12.6 Å². The quantitative estimate of drug-likeness (QED) is 0.805. The third kappa shape index (κ3) is 3.76. The predicted molar refractivity (Wildman–Crippen MR) is 92.3 cm³/mol. The van der Waals surface area contributed by atoms with Crippen molar-refractivity contribution in [3.05, 3.63) is 48.3 Å². The standard InChI is InChI=1S/C17H22N4OS/c1-19-10-11-21(15(12-19)14-6-4-3-5-7-14)16(22)13-23-17-18-8-9-20(17)2/h3-9,15H,10-13H2,1-2H3/t15-/m1/s1. The van der Waals surface area contributed by atoms with Gasteiger partial charge in [0.1, 0.15) is 0 Å². The second kappa shape index (κ2) is 7.19. The lowest BCUT2D eigenvalue weighted by molar-refractivity contribution is -0.133. The summed E-state index contributed by atoms with van der Waals surface area (Å²) in [6.07, 6.45) is 3.66. The fraction of sp³-hybridized carbons (Fsp3) is 0.412. The van der Waals surface area contributed by atoms with E-state index >= 15 is 0 Å². The normalized spacial score (nSPS) is 19.0. The number of imidazole rings is 1. The monoisotopic (exact) mass is 330 g/mol. The molecule has 2 aromatic rings. The maximum absolute atomic E-state index is 12.7. The van der Waals surface area contributed by atoms with E-state index in [1.165, 1.54) is 17.3 Å². The molecular formula is C17H22N4OS. The highest BCUT2D eigenvalue weighted by Crippen LogP contribution is 2.26. The van der Waals surface area contributed by atoms with E-state index in [1.54, 1.807) is 6.20 Å². The third-order valence-electron chi connectivity index (χ3n) is 4.19. The summed E-state index contributed by atoms with van der Waals surface area (Å²) in [5, 5.41) is 0.878. The highest BCUT2D eigenvalue weighted by atomic mass is 32.2. The van der Waals surface area contributed by atoms with Crippen molar-refractivity contribution in [2.24, 2.45) is 7.05 Å². The molecule has 3 rings (SSSR count). The molecule has 23 heavy (non-hydrogen) atoms. The second-order valence-corrected chi connectivity index (χ2v) is 6.83. The third-order valence-corrected chi connectivity index (χ3v) is 5.23. The Bertz CT molecular complexity index is 658. The van der Waals surface area contributed by atoms with Gasteiger partial charge >= 0.3 is 0 Å². The minimum absolute atomic E-state index is 0.129. The fourth-order valence-electron chi connectivity index (χ4n) is 2.88. The summed E-state index contributed by atoms with van der Waals surface area (Å²) in [4.78, 5) is 21.3. The number of carbonyl (C=O) groups is 1. The van der Waals surface area contributed by atoms with Crippen molar-refractivity contribution in [2.75, 3.05) is 32.4 Å². The van der Waals surface area contributed by atoms with Crippen LogP contribution in [0.2, 0.25) is 0 Å². The van der Waals surface area contributed by atoms with E-state index in [1.807, 2.05) is 40.9 Å². The van der Waals surface area contributed by atoms with Crippen molar-refractivity contribution < 1.29 is 4.79 Å². The van der Waals surface area contributed by atoms with Crippen LogP contribution in [0.4, 0.5) is 0 Å². The summed E-state index contributed by atoms with van der Waals surface area (Å²) in [6.45, 7) is 2.57. The molecule has 2 heterocycles. The Kier molecular flexibility index (Phi) is 5.03. The molecule has 6 heteroatoms. The molecule has 0 bridgehead atoms. The van der Waals surface area contributed by atoms with Gasteiger partial charge in [0.2, 0.25) is 5.91 Å². The first-order valence-electron chi connectivity index (χ1n) is 7.78. The number of piperazine rings is 1. The van der Waals surface area contributed by atoms with Gasteiger partial charge in [-0.25, -0.2) is 4.98 Å². The topological polar surface area (TPSA) is 41.4 Å². The largest absolute Gasteiger partial charge is 0.332 e. The molecule has 122 valence electrons. The van der Waals surface area contributed by atoms with Crippen molar-refractivity contribution in [2.45, 2.75) is 11.2 Å². The van der Waals surface area contributed by atoms with E-state index in [2.05, 4.69) is 29.1 Å². The number of nitrogens with zero attached hydrogens (tertiary/aromatic N) is 4. The molecule has 0 saturated carbocycles. The van der Waals surface area contributed by atoms with Crippen LogP contribution < -0.4 is 0 Å². The minimum Gasteiger partial charge on any atom is -0.332 e. The predicted octanol–water partition coefficient (Wildman–Crippen LogP) is 2.03. The summed E-state index contributed by atoms with van der Waals surface area (Å²) in [6, 6.07) is 10.4. The second-order valence-electron chi connectivity index (χ2n) is 5.89. The van der Waals surface area contributed by atoms with Crippen molar-refractivity contribution in [1.82, 2.24) is 19.4 Å². The van der Waals surface area contributed by atoms with E-state index in [-0.39, 0.29) is 11.9 Å². The number of carbonyl (C=O) groups excluding carboxylic acids is 1. The van der Waals surface area contributed by atoms with Crippen molar-refractivity contribution >= 4 is 17.7 Å². The molecule has 0 radical (unpaired) electrons. The number of aromatic nitrogens is 2. The van der Waals surface area contributed by atoms with Gasteiger partial charge in [-0.2, -0.15) is 0 Å². The highest BCUT2D eigenvalue weighted by molar-refractivity contribution is 7.99. The molecule has 1 saturated heterocycles. The van der Waals surface area contributed by atoms with Gasteiger partial charge in [0.15, 0.2) is 5.16 Å². The number of hydrogen-bond donors (Lipinski definition) is 0. The molecule has 1 amide bonds. The first-order valence-corrected chi connectivity index (χ1v) is 8.77. The van der Waals surface area contributed by atoms with Crippen molar-refractivity contribution in [3.63, 3.8) is 0 Å². The number of aryl methyl sites for hydroxylation is 1. The number of benzene rings is 1. The zero-order valence-electron chi connectivity index (χ0n) is 13.6. The Morgan fingerprint density at radius 1 is 1.26 bits per heavy atom. The van der Waals surface area contributed by atoms with Crippen LogP contribution in [0, 0.1) is 0 Å². The van der Waals surface area contributed by atoms with Crippen LogP contribution in [0.25, 0.3) is 0 Å². The van der Waals surface area contributed by atoms with Gasteiger partial charge in [-0.15, -0.1) is 0 Å². The zero-order valence-corrected chi connectivity index (χ0v) is 14.4. The number of thioether (sulfide) groups is 1. The molecule has 1 fully saturated rings.